The van der Waals surface area contributed by atoms with Gasteiger partial charge in [-0.15, -0.1) is 24.0 Å². The predicted molar refractivity (Wildman–Crippen MR) is 141 cm³/mol. The minimum atomic E-state index is -0.729. The van der Waals surface area contributed by atoms with Gasteiger partial charge in [0, 0.05) is 37.8 Å². The summed E-state index contributed by atoms with van der Waals surface area (Å²) >= 11 is 0. The highest BCUT2D eigenvalue weighted by atomic mass is 127. The van der Waals surface area contributed by atoms with E-state index < -0.39 is 6.10 Å². The number of ether oxygens (including phenoxy) is 2. The predicted octanol–water partition coefficient (Wildman–Crippen LogP) is 3.71. The molecular formula is C24H41IN4O3. The summed E-state index contributed by atoms with van der Waals surface area (Å²) in [6.45, 7) is 5.44. The molecule has 1 unspecified atom stereocenters. The number of likely N-dealkylation sites (tertiary alicyclic amines) is 1. The highest BCUT2D eigenvalue weighted by Crippen LogP contribution is 2.27. The van der Waals surface area contributed by atoms with Crippen LogP contribution in [0.25, 0.3) is 0 Å². The van der Waals surface area contributed by atoms with Gasteiger partial charge in [0.25, 0.3) is 0 Å². The maximum atomic E-state index is 10.7. The first kappa shape index (κ1) is 27.0. The van der Waals surface area contributed by atoms with Gasteiger partial charge in [-0.2, -0.15) is 0 Å². The van der Waals surface area contributed by atoms with Crippen molar-refractivity contribution in [1.82, 2.24) is 15.5 Å². The number of piperidine rings is 1. The summed E-state index contributed by atoms with van der Waals surface area (Å²) in [5.74, 6) is 2.09. The van der Waals surface area contributed by atoms with Crippen molar-refractivity contribution < 1.29 is 14.6 Å². The monoisotopic (exact) mass is 560 g/mol. The number of nitrogens with one attached hydrogen (secondary N) is 2. The fourth-order valence-electron chi connectivity index (χ4n) is 4.67. The Hall–Kier alpha value is -1.26. The fourth-order valence-corrected chi connectivity index (χ4v) is 4.67. The molecule has 7 nitrogen and oxygen atoms in total. The first-order valence-corrected chi connectivity index (χ1v) is 11.8. The lowest BCUT2D eigenvalue weighted by atomic mass is 9.92. The Bertz CT molecular complexity index is 682. The normalized spacial score (nSPS) is 19.7. The van der Waals surface area contributed by atoms with Gasteiger partial charge in [-0.1, -0.05) is 19.3 Å². The van der Waals surface area contributed by atoms with Crippen molar-refractivity contribution in [3.8, 4) is 11.5 Å². The van der Waals surface area contributed by atoms with Gasteiger partial charge in [-0.05, 0) is 50.3 Å². The summed E-state index contributed by atoms with van der Waals surface area (Å²) in [4.78, 5) is 7.35. The van der Waals surface area contributed by atoms with E-state index in [1.807, 2.05) is 12.1 Å². The Morgan fingerprint density at radius 2 is 1.69 bits per heavy atom. The molecule has 3 rings (SSSR count). The third kappa shape index (κ3) is 7.95. The maximum Gasteiger partial charge on any atom is 0.191 e. The molecule has 1 aromatic rings. The van der Waals surface area contributed by atoms with Crippen LogP contribution in [-0.2, 0) is 0 Å². The zero-order valence-electron chi connectivity index (χ0n) is 19.8. The van der Waals surface area contributed by atoms with Gasteiger partial charge in [-0.3, -0.25) is 4.99 Å². The van der Waals surface area contributed by atoms with Gasteiger partial charge in [0.15, 0.2) is 5.96 Å². The number of halogens is 1. The van der Waals surface area contributed by atoms with E-state index in [2.05, 4.69) is 27.4 Å². The number of methoxy groups -OCH3 is 2. The van der Waals surface area contributed by atoms with Crippen molar-refractivity contribution in [1.29, 1.82) is 0 Å². The van der Waals surface area contributed by atoms with Crippen LogP contribution >= 0.6 is 24.0 Å². The van der Waals surface area contributed by atoms with E-state index in [-0.39, 0.29) is 30.5 Å². The molecular weight excluding hydrogens is 519 g/mol. The quantitative estimate of drug-likeness (QED) is 0.256. The summed E-state index contributed by atoms with van der Waals surface area (Å²) < 4.78 is 10.6. The van der Waals surface area contributed by atoms with E-state index in [0.717, 1.165) is 50.0 Å². The van der Waals surface area contributed by atoms with Crippen LogP contribution in [0.5, 0.6) is 11.5 Å². The number of nitrogens with zero attached hydrogens (tertiary/aromatic N) is 2. The van der Waals surface area contributed by atoms with E-state index in [1.54, 1.807) is 20.3 Å². The molecule has 1 aliphatic heterocycles. The van der Waals surface area contributed by atoms with Crippen molar-refractivity contribution in [2.24, 2.45) is 4.99 Å². The van der Waals surface area contributed by atoms with Crippen molar-refractivity contribution in [2.75, 3.05) is 40.4 Å². The summed E-state index contributed by atoms with van der Waals surface area (Å²) in [5.41, 5.74) is 0.733. The molecule has 1 aliphatic carbocycles. The largest absolute Gasteiger partial charge is 0.497 e. The molecule has 2 aliphatic rings. The SMILES string of the molecule is CCNC(=NCC(O)c1cc(OC)cc(OC)c1)NC1CCN(C2CCCCC2)CC1.I. The average Bonchev–Trinajstić information content (AvgIpc) is 2.83. The van der Waals surface area contributed by atoms with Gasteiger partial charge < -0.3 is 30.1 Å². The number of aliphatic hydroxyl groups excluding tert-OH is 1. The standard InChI is InChI=1S/C24H40N4O3.HI/c1-4-25-24(26-17-23(29)18-14-21(30-2)16-22(15-18)31-3)27-19-10-12-28(13-11-19)20-8-6-5-7-9-20;/h14-16,19-20,23,29H,4-13,17H2,1-3H3,(H2,25,26,27);1H. The lowest BCUT2D eigenvalue weighted by molar-refractivity contribution is 0.119. The van der Waals surface area contributed by atoms with Crippen LogP contribution in [0, 0.1) is 0 Å². The Morgan fingerprint density at radius 1 is 1.06 bits per heavy atom. The number of guanidine groups is 1. The average molecular weight is 561 g/mol. The van der Waals surface area contributed by atoms with E-state index in [0.29, 0.717) is 17.5 Å². The first-order chi connectivity index (χ1) is 15.1. The van der Waals surface area contributed by atoms with Crippen molar-refractivity contribution in [2.45, 2.75) is 70.1 Å². The van der Waals surface area contributed by atoms with E-state index >= 15 is 0 Å². The number of hydrogen-bond donors (Lipinski definition) is 3. The minimum Gasteiger partial charge on any atom is -0.497 e. The second-order valence-corrected chi connectivity index (χ2v) is 8.63. The van der Waals surface area contributed by atoms with Crippen molar-refractivity contribution in [3.63, 3.8) is 0 Å². The number of aliphatic imine (C=N–C) groups is 1. The summed E-state index contributed by atoms with van der Waals surface area (Å²) in [5, 5.41) is 17.6. The molecule has 0 spiro atoms. The zero-order chi connectivity index (χ0) is 22.1. The van der Waals surface area contributed by atoms with Crippen molar-refractivity contribution in [3.05, 3.63) is 23.8 Å². The Morgan fingerprint density at radius 3 is 2.25 bits per heavy atom. The Labute approximate surface area is 210 Å². The summed E-state index contributed by atoms with van der Waals surface area (Å²) in [6.07, 6.45) is 8.47. The highest BCUT2D eigenvalue weighted by Gasteiger charge is 2.26. The smallest absolute Gasteiger partial charge is 0.191 e. The molecule has 0 amide bonds. The summed E-state index contributed by atoms with van der Waals surface area (Å²) in [7, 11) is 3.21. The highest BCUT2D eigenvalue weighted by molar-refractivity contribution is 14.0. The van der Waals surface area contributed by atoms with Crippen LogP contribution in [0.15, 0.2) is 23.2 Å². The topological polar surface area (TPSA) is 78.4 Å². The van der Waals surface area contributed by atoms with Gasteiger partial charge in [0.2, 0.25) is 0 Å². The first-order valence-electron chi connectivity index (χ1n) is 11.8. The lowest BCUT2D eigenvalue weighted by Gasteiger charge is -2.39. The molecule has 1 saturated carbocycles. The third-order valence-electron chi connectivity index (χ3n) is 6.49. The van der Waals surface area contributed by atoms with E-state index in [9.17, 15) is 5.11 Å². The maximum absolute atomic E-state index is 10.7. The van der Waals surface area contributed by atoms with Crippen molar-refractivity contribution >= 4 is 29.9 Å². The van der Waals surface area contributed by atoms with E-state index in [4.69, 9.17) is 9.47 Å². The van der Waals surface area contributed by atoms with Crippen LogP contribution in [0.4, 0.5) is 0 Å². The van der Waals surface area contributed by atoms with Crippen LogP contribution in [0.1, 0.15) is 63.5 Å². The molecule has 1 aromatic carbocycles. The molecule has 0 aromatic heterocycles. The molecule has 0 radical (unpaired) electrons. The van der Waals surface area contributed by atoms with Gasteiger partial charge in [0.1, 0.15) is 11.5 Å². The zero-order valence-corrected chi connectivity index (χ0v) is 22.1. The molecule has 8 heteroatoms. The van der Waals surface area contributed by atoms with Crippen LogP contribution in [-0.4, -0.2) is 68.4 Å². The number of aliphatic hydroxyl groups is 1. The van der Waals surface area contributed by atoms with Gasteiger partial charge in [-0.25, -0.2) is 0 Å². The second kappa shape index (κ2) is 14.1. The number of rotatable bonds is 8. The second-order valence-electron chi connectivity index (χ2n) is 8.63. The van der Waals surface area contributed by atoms with Gasteiger partial charge in [0.05, 0.1) is 26.9 Å². The van der Waals surface area contributed by atoms with Crippen LogP contribution < -0.4 is 20.1 Å². The Balaban J connectivity index is 0.00000363. The van der Waals surface area contributed by atoms with Crippen LogP contribution in [0.3, 0.4) is 0 Å². The van der Waals surface area contributed by atoms with E-state index in [1.165, 1.54) is 32.1 Å². The molecule has 32 heavy (non-hydrogen) atoms. The molecule has 182 valence electrons. The molecule has 1 heterocycles. The lowest BCUT2D eigenvalue weighted by Crippen LogP contribution is -2.51. The molecule has 3 N–H and O–H groups in total. The number of hydrogen-bond acceptors (Lipinski definition) is 5. The third-order valence-corrected chi connectivity index (χ3v) is 6.49. The molecule has 2 fully saturated rings. The fraction of sp³-hybridized carbons (Fsp3) is 0.708. The Kier molecular flexibility index (Phi) is 11.9. The van der Waals surface area contributed by atoms with Gasteiger partial charge >= 0.3 is 0 Å². The number of benzene rings is 1. The molecule has 1 saturated heterocycles. The molecule has 0 bridgehead atoms. The minimum absolute atomic E-state index is 0. The molecule has 1 atom stereocenters. The van der Waals surface area contributed by atoms with Crippen LogP contribution in [0.2, 0.25) is 0 Å². The summed E-state index contributed by atoms with van der Waals surface area (Å²) in [6, 6.07) is 6.66.